The van der Waals surface area contributed by atoms with Crippen molar-refractivity contribution in [3.05, 3.63) is 69.8 Å². The summed E-state index contributed by atoms with van der Waals surface area (Å²) in [5, 5.41) is 8.93. The molecule has 162 valence electrons. The smallest absolute Gasteiger partial charge is 0.259 e. The van der Waals surface area contributed by atoms with Gasteiger partial charge in [0.05, 0.1) is 16.9 Å². The van der Waals surface area contributed by atoms with Gasteiger partial charge in [-0.15, -0.1) is 0 Å². The van der Waals surface area contributed by atoms with Crippen LogP contribution in [0.1, 0.15) is 32.0 Å². The Morgan fingerprint density at radius 2 is 1.81 bits per heavy atom. The van der Waals surface area contributed by atoms with E-state index in [-0.39, 0.29) is 27.7 Å². The molecule has 3 aromatic rings. The summed E-state index contributed by atoms with van der Waals surface area (Å²) in [5.41, 5.74) is -1.25. The standard InChI is InChI=1S/C22H17F2N5O2S/c1-4-13-7-18(30)27-11-15(9-17(24)19(27)26-13)29-21(32)28(20(31)22(29,2)3)14-6-5-12(10-25)16(23)8-14/h5-9,11H,4H2,1-3H3. The number of hydrogen-bond donors (Lipinski definition) is 0. The third-order valence-electron chi connectivity index (χ3n) is 5.37. The number of halogens is 2. The summed E-state index contributed by atoms with van der Waals surface area (Å²) in [5.74, 6) is -2.01. The fourth-order valence-electron chi connectivity index (χ4n) is 3.69. The van der Waals surface area contributed by atoms with Crippen molar-refractivity contribution in [2.45, 2.75) is 32.7 Å². The van der Waals surface area contributed by atoms with Crippen molar-refractivity contribution in [2.24, 2.45) is 0 Å². The number of carbonyl (C=O) groups is 1. The van der Waals surface area contributed by atoms with Gasteiger partial charge in [-0.1, -0.05) is 6.92 Å². The van der Waals surface area contributed by atoms with Gasteiger partial charge >= 0.3 is 0 Å². The van der Waals surface area contributed by atoms with Gasteiger partial charge in [-0.2, -0.15) is 5.26 Å². The van der Waals surface area contributed by atoms with E-state index in [2.05, 4.69) is 4.98 Å². The third kappa shape index (κ3) is 3.13. The summed E-state index contributed by atoms with van der Waals surface area (Å²) in [6.45, 7) is 4.98. The molecule has 0 atom stereocenters. The summed E-state index contributed by atoms with van der Waals surface area (Å²) in [6.07, 6.45) is 1.85. The number of nitrogens with zero attached hydrogens (tertiary/aromatic N) is 5. The quantitative estimate of drug-likeness (QED) is 0.566. The van der Waals surface area contributed by atoms with Crippen LogP contribution in [0, 0.1) is 23.0 Å². The first-order valence-electron chi connectivity index (χ1n) is 9.70. The number of carbonyl (C=O) groups excluding carboxylic acids is 1. The lowest BCUT2D eigenvalue weighted by molar-refractivity contribution is -0.120. The minimum absolute atomic E-state index is 0.0194. The van der Waals surface area contributed by atoms with E-state index >= 15 is 0 Å². The van der Waals surface area contributed by atoms with Crippen molar-refractivity contribution in [3.8, 4) is 6.07 Å². The van der Waals surface area contributed by atoms with Gasteiger partial charge < -0.3 is 4.90 Å². The van der Waals surface area contributed by atoms with E-state index in [4.69, 9.17) is 17.5 Å². The number of thiocarbonyl (C=S) groups is 1. The summed E-state index contributed by atoms with van der Waals surface area (Å²) >= 11 is 5.51. The lowest BCUT2D eigenvalue weighted by atomic mass is 10.0. The van der Waals surface area contributed by atoms with Gasteiger partial charge in [0.15, 0.2) is 16.6 Å². The Morgan fingerprint density at radius 1 is 1.12 bits per heavy atom. The highest BCUT2D eigenvalue weighted by atomic mass is 32.1. The zero-order valence-electron chi connectivity index (χ0n) is 17.4. The van der Waals surface area contributed by atoms with Crippen molar-refractivity contribution in [1.82, 2.24) is 9.38 Å². The van der Waals surface area contributed by atoms with Gasteiger partial charge in [0, 0.05) is 24.0 Å². The molecule has 0 bridgehead atoms. The summed E-state index contributed by atoms with van der Waals surface area (Å²) in [7, 11) is 0. The first-order chi connectivity index (χ1) is 15.1. The fourth-order valence-corrected chi connectivity index (χ4v) is 4.21. The maximum atomic E-state index is 15.0. The number of nitriles is 1. The minimum Gasteiger partial charge on any atom is -0.302 e. The zero-order valence-corrected chi connectivity index (χ0v) is 18.2. The molecule has 0 unspecified atom stereocenters. The van der Waals surface area contributed by atoms with E-state index in [0.29, 0.717) is 12.1 Å². The van der Waals surface area contributed by atoms with Crippen LogP contribution in [0.4, 0.5) is 20.2 Å². The Bertz CT molecular complexity index is 1410. The number of aryl methyl sites for hydroxylation is 1. The Morgan fingerprint density at radius 3 is 2.44 bits per heavy atom. The van der Waals surface area contributed by atoms with E-state index in [1.54, 1.807) is 19.9 Å². The summed E-state index contributed by atoms with van der Waals surface area (Å²) < 4.78 is 30.2. The predicted octanol–water partition coefficient (Wildman–Crippen LogP) is 3.32. The van der Waals surface area contributed by atoms with Crippen molar-refractivity contribution < 1.29 is 13.6 Å². The Balaban J connectivity index is 1.86. The Kier molecular flexibility index (Phi) is 5.02. The molecular formula is C22H17F2N5O2S. The van der Waals surface area contributed by atoms with Gasteiger partial charge in [0.25, 0.3) is 11.5 Å². The largest absolute Gasteiger partial charge is 0.302 e. The maximum absolute atomic E-state index is 15.0. The first-order valence-corrected chi connectivity index (χ1v) is 10.1. The molecule has 1 aliphatic heterocycles. The molecule has 0 N–H and O–H groups in total. The van der Waals surface area contributed by atoms with Gasteiger partial charge in [-0.3, -0.25) is 18.9 Å². The predicted molar refractivity (Wildman–Crippen MR) is 119 cm³/mol. The number of hydrogen-bond acceptors (Lipinski definition) is 5. The highest BCUT2D eigenvalue weighted by Crippen LogP contribution is 2.37. The lowest BCUT2D eigenvalue weighted by Crippen LogP contribution is -2.44. The fraction of sp³-hybridized carbons (Fsp3) is 0.227. The summed E-state index contributed by atoms with van der Waals surface area (Å²) in [6, 6.07) is 7.91. The molecule has 7 nitrogen and oxygen atoms in total. The molecule has 0 spiro atoms. The molecule has 2 aromatic heterocycles. The number of anilines is 2. The normalized spacial score (nSPS) is 15.5. The van der Waals surface area contributed by atoms with Crippen LogP contribution < -0.4 is 15.4 Å². The molecule has 0 aliphatic carbocycles. The molecule has 4 rings (SSSR count). The average molecular weight is 453 g/mol. The molecule has 1 saturated heterocycles. The van der Waals surface area contributed by atoms with E-state index in [9.17, 15) is 18.4 Å². The summed E-state index contributed by atoms with van der Waals surface area (Å²) in [4.78, 5) is 32.5. The second-order valence-electron chi connectivity index (χ2n) is 7.77. The first kappa shape index (κ1) is 21.5. The highest BCUT2D eigenvalue weighted by Gasteiger charge is 2.50. The van der Waals surface area contributed by atoms with Gasteiger partial charge in [-0.25, -0.2) is 13.8 Å². The third-order valence-corrected chi connectivity index (χ3v) is 5.74. The Labute approximate surface area is 187 Å². The molecule has 0 saturated carbocycles. The zero-order chi connectivity index (χ0) is 23.4. The molecule has 32 heavy (non-hydrogen) atoms. The molecule has 3 heterocycles. The van der Waals surface area contributed by atoms with Crippen LogP contribution >= 0.6 is 12.2 Å². The molecule has 0 radical (unpaired) electrons. The SMILES string of the molecule is CCc1cc(=O)n2cc(N3C(=S)N(c4ccc(C#N)c(F)c4)C(=O)C3(C)C)cc(F)c2n1. The van der Waals surface area contributed by atoms with Crippen LogP contribution in [0.3, 0.4) is 0 Å². The second-order valence-corrected chi connectivity index (χ2v) is 8.14. The number of pyridine rings is 1. The topological polar surface area (TPSA) is 81.7 Å². The van der Waals surface area contributed by atoms with E-state index < -0.39 is 28.6 Å². The van der Waals surface area contributed by atoms with Gasteiger partial charge in [0.1, 0.15) is 17.4 Å². The van der Waals surface area contributed by atoms with Crippen molar-refractivity contribution in [3.63, 3.8) is 0 Å². The average Bonchev–Trinajstić information content (AvgIpc) is 2.92. The monoisotopic (exact) mass is 453 g/mol. The Hall–Kier alpha value is -3.71. The van der Waals surface area contributed by atoms with Crippen LogP contribution in [-0.4, -0.2) is 25.9 Å². The molecule has 1 aromatic carbocycles. The van der Waals surface area contributed by atoms with Crippen LogP contribution in [0.15, 0.2) is 41.3 Å². The van der Waals surface area contributed by atoms with Gasteiger partial charge in [-0.05, 0) is 50.7 Å². The minimum atomic E-state index is -1.26. The number of benzene rings is 1. The number of amides is 1. The van der Waals surface area contributed by atoms with Crippen LogP contribution in [0.2, 0.25) is 0 Å². The lowest BCUT2D eigenvalue weighted by Gasteiger charge is -2.29. The highest BCUT2D eigenvalue weighted by molar-refractivity contribution is 7.81. The van der Waals surface area contributed by atoms with Crippen LogP contribution in [-0.2, 0) is 11.2 Å². The maximum Gasteiger partial charge on any atom is 0.259 e. The number of aromatic nitrogens is 2. The van der Waals surface area contributed by atoms with E-state index in [0.717, 1.165) is 21.4 Å². The molecule has 10 heteroatoms. The van der Waals surface area contributed by atoms with Crippen LogP contribution in [0.5, 0.6) is 0 Å². The molecule has 1 amide bonds. The molecule has 1 fully saturated rings. The molecular weight excluding hydrogens is 436 g/mol. The van der Waals surface area contributed by atoms with E-state index in [1.807, 2.05) is 6.92 Å². The molecule has 1 aliphatic rings. The van der Waals surface area contributed by atoms with Crippen molar-refractivity contribution in [1.29, 1.82) is 5.26 Å². The number of fused-ring (bicyclic) bond motifs is 1. The van der Waals surface area contributed by atoms with Crippen LogP contribution in [0.25, 0.3) is 5.65 Å². The van der Waals surface area contributed by atoms with Crippen molar-refractivity contribution in [2.75, 3.05) is 9.80 Å². The second kappa shape index (κ2) is 7.46. The number of rotatable bonds is 3. The van der Waals surface area contributed by atoms with Gasteiger partial charge in [0.2, 0.25) is 0 Å². The van der Waals surface area contributed by atoms with E-state index in [1.165, 1.54) is 29.3 Å². The van der Waals surface area contributed by atoms with Crippen molar-refractivity contribution >= 4 is 40.3 Å².